The number of rotatable bonds is 5. The minimum Gasteiger partial charge on any atom is -0.495 e. The monoisotopic (exact) mass is 341 g/mol. The van der Waals surface area contributed by atoms with Crippen LogP contribution in [0, 0.1) is 11.9 Å². The molecule has 1 saturated carbocycles. The van der Waals surface area contributed by atoms with Gasteiger partial charge < -0.3 is 15.4 Å². The van der Waals surface area contributed by atoms with E-state index < -0.39 is 17.6 Å². The predicted octanol–water partition coefficient (Wildman–Crippen LogP) is 3.76. The SMILES string of the molecule is COc1c[c]c(F)cc1Nc1ncc(C(F)(F)F)c(NC2CC2)n1. The van der Waals surface area contributed by atoms with E-state index in [1.54, 1.807) is 0 Å². The summed E-state index contributed by atoms with van der Waals surface area (Å²) in [5.41, 5.74) is -0.759. The van der Waals surface area contributed by atoms with Crippen LogP contribution in [0.5, 0.6) is 5.75 Å². The highest BCUT2D eigenvalue weighted by atomic mass is 19.4. The van der Waals surface area contributed by atoms with Crippen molar-refractivity contribution in [1.82, 2.24) is 9.97 Å². The topological polar surface area (TPSA) is 59.1 Å². The van der Waals surface area contributed by atoms with Crippen molar-refractivity contribution in [2.75, 3.05) is 17.7 Å². The summed E-state index contributed by atoms with van der Waals surface area (Å²) in [6.45, 7) is 0. The smallest absolute Gasteiger partial charge is 0.421 e. The Balaban J connectivity index is 1.92. The molecule has 2 aromatic rings. The lowest BCUT2D eigenvalue weighted by molar-refractivity contribution is -0.137. The molecule has 0 bridgehead atoms. The van der Waals surface area contributed by atoms with Gasteiger partial charge in [-0.15, -0.1) is 0 Å². The van der Waals surface area contributed by atoms with Crippen LogP contribution in [0.15, 0.2) is 18.3 Å². The minimum atomic E-state index is -4.57. The summed E-state index contributed by atoms with van der Waals surface area (Å²) in [5, 5.41) is 5.40. The molecule has 0 saturated heterocycles. The molecule has 0 amide bonds. The van der Waals surface area contributed by atoms with Crippen molar-refractivity contribution in [3.05, 3.63) is 35.8 Å². The van der Waals surface area contributed by atoms with Crippen molar-refractivity contribution in [2.24, 2.45) is 0 Å². The first kappa shape index (κ1) is 16.3. The molecule has 1 radical (unpaired) electrons. The van der Waals surface area contributed by atoms with E-state index in [-0.39, 0.29) is 29.2 Å². The maximum Gasteiger partial charge on any atom is 0.421 e. The summed E-state index contributed by atoms with van der Waals surface area (Å²) >= 11 is 0. The van der Waals surface area contributed by atoms with Gasteiger partial charge in [0.05, 0.1) is 12.8 Å². The molecule has 1 aliphatic carbocycles. The van der Waals surface area contributed by atoms with E-state index >= 15 is 0 Å². The molecular weight excluding hydrogens is 328 g/mol. The van der Waals surface area contributed by atoms with Gasteiger partial charge in [-0.3, -0.25) is 0 Å². The van der Waals surface area contributed by atoms with Crippen LogP contribution >= 0.6 is 0 Å². The van der Waals surface area contributed by atoms with Crippen molar-refractivity contribution in [3.8, 4) is 5.75 Å². The molecule has 3 rings (SSSR count). The summed E-state index contributed by atoms with van der Waals surface area (Å²) in [5.74, 6) is -0.794. The number of nitrogens with zero attached hydrogens (tertiary/aromatic N) is 2. The largest absolute Gasteiger partial charge is 0.495 e. The standard InChI is InChI=1S/C15H13F4N4O/c1-24-12-5-2-8(16)6-11(12)22-14-20-7-10(15(17,18)19)13(23-14)21-9-3-4-9/h5-7,9H,3-4H2,1H3,(H2,20,21,22,23). The number of nitrogens with one attached hydrogen (secondary N) is 2. The molecule has 127 valence electrons. The van der Waals surface area contributed by atoms with Gasteiger partial charge in [0, 0.05) is 24.4 Å². The van der Waals surface area contributed by atoms with Crippen LogP contribution in [0.4, 0.5) is 35.0 Å². The van der Waals surface area contributed by atoms with E-state index in [0.29, 0.717) is 6.20 Å². The molecule has 1 heterocycles. The predicted molar refractivity (Wildman–Crippen MR) is 78.7 cm³/mol. The van der Waals surface area contributed by atoms with Crippen LogP contribution in [0.25, 0.3) is 0 Å². The van der Waals surface area contributed by atoms with Crippen molar-refractivity contribution >= 4 is 17.5 Å². The van der Waals surface area contributed by atoms with Crippen molar-refractivity contribution in [3.63, 3.8) is 0 Å². The summed E-state index contributed by atoms with van der Waals surface area (Å²) in [6.07, 6.45) is -2.30. The zero-order chi connectivity index (χ0) is 17.3. The van der Waals surface area contributed by atoms with Gasteiger partial charge in [-0.2, -0.15) is 18.2 Å². The maximum atomic E-state index is 13.3. The Morgan fingerprint density at radius 1 is 1.33 bits per heavy atom. The van der Waals surface area contributed by atoms with Crippen LogP contribution in [-0.4, -0.2) is 23.1 Å². The second-order valence-electron chi connectivity index (χ2n) is 5.26. The van der Waals surface area contributed by atoms with Gasteiger partial charge >= 0.3 is 6.18 Å². The van der Waals surface area contributed by atoms with E-state index in [0.717, 1.165) is 18.9 Å². The third kappa shape index (κ3) is 3.66. The molecule has 1 fully saturated rings. The van der Waals surface area contributed by atoms with E-state index in [9.17, 15) is 17.6 Å². The van der Waals surface area contributed by atoms with Gasteiger partial charge in [-0.1, -0.05) is 0 Å². The fraction of sp³-hybridized carbons (Fsp3) is 0.333. The molecule has 9 heteroatoms. The first-order chi connectivity index (χ1) is 11.4. The van der Waals surface area contributed by atoms with Gasteiger partial charge in [0.25, 0.3) is 0 Å². The van der Waals surface area contributed by atoms with E-state index in [1.807, 2.05) is 0 Å². The third-order valence-electron chi connectivity index (χ3n) is 3.36. The second kappa shape index (κ2) is 6.14. The van der Waals surface area contributed by atoms with Gasteiger partial charge in [0.15, 0.2) is 0 Å². The molecule has 0 aliphatic heterocycles. The van der Waals surface area contributed by atoms with Gasteiger partial charge in [-0.25, -0.2) is 9.37 Å². The molecule has 0 unspecified atom stereocenters. The fourth-order valence-corrected chi connectivity index (χ4v) is 2.02. The third-order valence-corrected chi connectivity index (χ3v) is 3.36. The molecule has 2 N–H and O–H groups in total. The van der Waals surface area contributed by atoms with E-state index in [1.165, 1.54) is 13.2 Å². The van der Waals surface area contributed by atoms with Gasteiger partial charge in [0.2, 0.25) is 5.95 Å². The van der Waals surface area contributed by atoms with E-state index in [4.69, 9.17) is 4.74 Å². The van der Waals surface area contributed by atoms with E-state index in [2.05, 4.69) is 26.7 Å². The van der Waals surface area contributed by atoms with Crippen LogP contribution in [0.2, 0.25) is 0 Å². The quantitative estimate of drug-likeness (QED) is 0.811. The maximum absolute atomic E-state index is 13.3. The molecule has 0 atom stereocenters. The second-order valence-corrected chi connectivity index (χ2v) is 5.26. The van der Waals surface area contributed by atoms with Crippen molar-refractivity contribution in [2.45, 2.75) is 25.1 Å². The van der Waals surface area contributed by atoms with Gasteiger partial charge in [-0.05, 0) is 18.9 Å². The summed E-state index contributed by atoms with van der Waals surface area (Å²) < 4.78 is 57.5. The normalized spacial score (nSPS) is 14.4. The Labute approximate surface area is 135 Å². The van der Waals surface area contributed by atoms with Crippen molar-refractivity contribution in [1.29, 1.82) is 0 Å². The van der Waals surface area contributed by atoms with Crippen LogP contribution in [0.1, 0.15) is 18.4 Å². The highest BCUT2D eigenvalue weighted by Gasteiger charge is 2.36. The molecule has 1 aromatic heterocycles. The Kier molecular flexibility index (Phi) is 4.16. The first-order valence-corrected chi connectivity index (χ1v) is 7.10. The molecule has 24 heavy (non-hydrogen) atoms. The summed E-state index contributed by atoms with van der Waals surface area (Å²) in [7, 11) is 1.37. The van der Waals surface area contributed by atoms with Crippen LogP contribution in [-0.2, 0) is 6.18 Å². The average molecular weight is 341 g/mol. The first-order valence-electron chi connectivity index (χ1n) is 7.10. The lowest BCUT2D eigenvalue weighted by Crippen LogP contribution is -2.15. The number of hydrogen-bond donors (Lipinski definition) is 2. The summed E-state index contributed by atoms with van der Waals surface area (Å²) in [6, 6.07) is 4.66. The van der Waals surface area contributed by atoms with Gasteiger partial charge in [0.1, 0.15) is 22.9 Å². The number of halogens is 4. The van der Waals surface area contributed by atoms with Crippen LogP contribution in [0.3, 0.4) is 0 Å². The average Bonchev–Trinajstić information content (AvgIpc) is 3.30. The van der Waals surface area contributed by atoms with Crippen molar-refractivity contribution < 1.29 is 22.3 Å². The lowest BCUT2D eigenvalue weighted by Gasteiger charge is -2.15. The highest BCUT2D eigenvalue weighted by Crippen LogP contribution is 2.36. The number of benzene rings is 1. The molecule has 5 nitrogen and oxygen atoms in total. The number of aromatic nitrogens is 2. The minimum absolute atomic E-state index is 0.0212. The number of ether oxygens (including phenoxy) is 1. The zero-order valence-corrected chi connectivity index (χ0v) is 12.5. The Morgan fingerprint density at radius 2 is 2.08 bits per heavy atom. The number of anilines is 3. The number of hydrogen-bond acceptors (Lipinski definition) is 5. The number of methoxy groups -OCH3 is 1. The summed E-state index contributed by atoms with van der Waals surface area (Å²) in [4.78, 5) is 7.54. The molecule has 1 aliphatic rings. The molecule has 0 spiro atoms. The Hall–Kier alpha value is -2.58. The number of alkyl halides is 3. The fourth-order valence-electron chi connectivity index (χ4n) is 2.02. The molecule has 1 aromatic carbocycles. The zero-order valence-electron chi connectivity index (χ0n) is 12.5. The Morgan fingerprint density at radius 3 is 2.71 bits per heavy atom. The lowest BCUT2D eigenvalue weighted by atomic mass is 10.2. The highest BCUT2D eigenvalue weighted by molar-refractivity contribution is 5.63. The Bertz CT molecular complexity index is 747. The molecular formula is C15H13F4N4O. The van der Waals surface area contributed by atoms with Crippen LogP contribution < -0.4 is 15.4 Å².